The highest BCUT2D eigenvalue weighted by molar-refractivity contribution is 6.31. The molecular weight excluding hydrogens is 296 g/mol. The molecular formula is C13H15ClF4N2. The van der Waals surface area contributed by atoms with Crippen molar-refractivity contribution in [2.24, 2.45) is 0 Å². The van der Waals surface area contributed by atoms with Crippen molar-refractivity contribution in [3.8, 4) is 0 Å². The topological polar surface area (TPSA) is 15.3 Å². The van der Waals surface area contributed by atoms with Gasteiger partial charge in [0.1, 0.15) is 6.67 Å². The lowest BCUT2D eigenvalue weighted by molar-refractivity contribution is -0.137. The largest absolute Gasteiger partial charge is 0.417 e. The van der Waals surface area contributed by atoms with Crippen LogP contribution in [-0.2, 0) is 6.18 Å². The minimum atomic E-state index is -4.53. The number of halogens is 5. The van der Waals surface area contributed by atoms with Crippen LogP contribution in [-0.4, -0.2) is 37.8 Å². The lowest BCUT2D eigenvalue weighted by Gasteiger charge is -2.34. The third kappa shape index (κ3) is 3.42. The van der Waals surface area contributed by atoms with Gasteiger partial charge in [-0.2, -0.15) is 13.2 Å². The number of rotatable bonds is 3. The number of hydrogen-bond acceptors (Lipinski definition) is 2. The van der Waals surface area contributed by atoms with Crippen LogP contribution in [0.4, 0.5) is 17.6 Å². The van der Waals surface area contributed by atoms with E-state index in [-0.39, 0.29) is 5.02 Å². The van der Waals surface area contributed by atoms with E-state index < -0.39 is 24.5 Å². The van der Waals surface area contributed by atoms with Gasteiger partial charge in [-0.3, -0.25) is 4.90 Å². The first kappa shape index (κ1) is 15.5. The molecule has 1 atom stereocenters. The average Bonchev–Trinajstić information content (AvgIpc) is 2.41. The van der Waals surface area contributed by atoms with Gasteiger partial charge in [-0.05, 0) is 17.7 Å². The average molecular weight is 311 g/mol. The maximum absolute atomic E-state index is 13.3. The minimum absolute atomic E-state index is 0.311. The Kier molecular flexibility index (Phi) is 4.88. The lowest BCUT2D eigenvalue weighted by atomic mass is 10.0. The number of alkyl halides is 4. The molecule has 1 saturated heterocycles. The van der Waals surface area contributed by atoms with E-state index in [1.165, 1.54) is 12.1 Å². The van der Waals surface area contributed by atoms with E-state index in [0.717, 1.165) is 6.07 Å². The van der Waals surface area contributed by atoms with Gasteiger partial charge < -0.3 is 5.32 Å². The predicted octanol–water partition coefficient (Wildman–Crippen LogP) is 3.27. The third-order valence-electron chi connectivity index (χ3n) is 3.42. The van der Waals surface area contributed by atoms with E-state index in [4.69, 9.17) is 11.6 Å². The Morgan fingerprint density at radius 2 is 1.90 bits per heavy atom. The standard InChI is InChI=1S/C13H15ClF4N2/c14-11-2-1-9(7-10(11)13(16,17)18)12(8-15)20-5-3-19-4-6-20/h1-2,7,12,19H,3-6,8H2/t12-/m0/s1. The van der Waals surface area contributed by atoms with Crippen LogP contribution in [0.15, 0.2) is 18.2 Å². The van der Waals surface area contributed by atoms with Crippen LogP contribution in [0.25, 0.3) is 0 Å². The van der Waals surface area contributed by atoms with Crippen LogP contribution < -0.4 is 5.32 Å². The first-order chi connectivity index (χ1) is 9.43. The Balaban J connectivity index is 2.30. The molecule has 1 fully saturated rings. The molecule has 1 aliphatic heterocycles. The minimum Gasteiger partial charge on any atom is -0.314 e. The van der Waals surface area contributed by atoms with Crippen molar-refractivity contribution in [3.05, 3.63) is 34.3 Å². The molecule has 2 nitrogen and oxygen atoms in total. The molecule has 0 radical (unpaired) electrons. The Bertz CT molecular complexity index is 458. The molecule has 112 valence electrons. The second kappa shape index (κ2) is 6.28. The molecule has 1 N–H and O–H groups in total. The third-order valence-corrected chi connectivity index (χ3v) is 3.75. The Morgan fingerprint density at radius 3 is 2.45 bits per heavy atom. The molecule has 20 heavy (non-hydrogen) atoms. The zero-order chi connectivity index (χ0) is 14.8. The van der Waals surface area contributed by atoms with Crippen LogP contribution >= 0.6 is 11.6 Å². The molecule has 0 saturated carbocycles. The molecule has 0 amide bonds. The lowest BCUT2D eigenvalue weighted by Crippen LogP contribution is -2.45. The predicted molar refractivity (Wildman–Crippen MR) is 69.6 cm³/mol. The summed E-state index contributed by atoms with van der Waals surface area (Å²) in [4.78, 5) is 1.85. The van der Waals surface area contributed by atoms with E-state index in [1.807, 2.05) is 4.90 Å². The Hall–Kier alpha value is -0.850. The second-order valence-corrected chi connectivity index (χ2v) is 5.10. The quantitative estimate of drug-likeness (QED) is 0.862. The van der Waals surface area contributed by atoms with E-state index >= 15 is 0 Å². The van der Waals surface area contributed by atoms with Crippen LogP contribution in [0.2, 0.25) is 5.02 Å². The summed E-state index contributed by atoms with van der Waals surface area (Å²) < 4.78 is 51.8. The Morgan fingerprint density at radius 1 is 1.25 bits per heavy atom. The van der Waals surface area contributed by atoms with Gasteiger partial charge in [0.2, 0.25) is 0 Å². The van der Waals surface area contributed by atoms with Gasteiger partial charge in [-0.25, -0.2) is 4.39 Å². The summed E-state index contributed by atoms with van der Waals surface area (Å²) in [5, 5.41) is 2.76. The molecule has 0 aromatic heterocycles. The molecule has 1 aliphatic rings. The van der Waals surface area contributed by atoms with E-state index in [0.29, 0.717) is 31.7 Å². The number of piperazine rings is 1. The maximum atomic E-state index is 13.3. The van der Waals surface area contributed by atoms with Crippen molar-refractivity contribution < 1.29 is 17.6 Å². The fourth-order valence-electron chi connectivity index (χ4n) is 2.36. The van der Waals surface area contributed by atoms with Crippen molar-refractivity contribution in [3.63, 3.8) is 0 Å². The summed E-state index contributed by atoms with van der Waals surface area (Å²) in [6.45, 7) is 1.91. The molecule has 1 aromatic rings. The van der Waals surface area contributed by atoms with Crippen molar-refractivity contribution >= 4 is 11.6 Å². The van der Waals surface area contributed by atoms with Crippen LogP contribution in [0.5, 0.6) is 0 Å². The molecule has 0 spiro atoms. The number of hydrogen-bond donors (Lipinski definition) is 1. The molecule has 0 unspecified atom stereocenters. The molecule has 2 rings (SSSR count). The SMILES string of the molecule is FC[C@@H](c1ccc(Cl)c(C(F)(F)F)c1)N1CCNCC1. The van der Waals surface area contributed by atoms with Crippen LogP contribution in [0.1, 0.15) is 17.2 Å². The number of benzene rings is 1. The van der Waals surface area contributed by atoms with Gasteiger partial charge in [0.15, 0.2) is 0 Å². The van der Waals surface area contributed by atoms with E-state index in [9.17, 15) is 17.6 Å². The molecule has 1 heterocycles. The maximum Gasteiger partial charge on any atom is 0.417 e. The summed E-state index contributed by atoms with van der Waals surface area (Å²) in [6, 6.07) is 2.94. The fourth-order valence-corrected chi connectivity index (χ4v) is 2.58. The van der Waals surface area contributed by atoms with Crippen molar-refractivity contribution in [1.82, 2.24) is 10.2 Å². The Labute approximate surface area is 119 Å². The van der Waals surface area contributed by atoms with Crippen molar-refractivity contribution in [2.75, 3.05) is 32.9 Å². The molecule has 0 bridgehead atoms. The highest BCUT2D eigenvalue weighted by Gasteiger charge is 2.34. The van der Waals surface area contributed by atoms with Crippen LogP contribution in [0.3, 0.4) is 0 Å². The van der Waals surface area contributed by atoms with E-state index in [1.54, 1.807) is 0 Å². The smallest absolute Gasteiger partial charge is 0.314 e. The van der Waals surface area contributed by atoms with Crippen LogP contribution in [0, 0.1) is 0 Å². The number of nitrogens with zero attached hydrogens (tertiary/aromatic N) is 1. The number of nitrogens with one attached hydrogen (secondary N) is 1. The van der Waals surface area contributed by atoms with Gasteiger partial charge in [-0.1, -0.05) is 17.7 Å². The van der Waals surface area contributed by atoms with Gasteiger partial charge in [0.25, 0.3) is 0 Å². The van der Waals surface area contributed by atoms with Gasteiger partial charge in [0.05, 0.1) is 16.6 Å². The highest BCUT2D eigenvalue weighted by atomic mass is 35.5. The van der Waals surface area contributed by atoms with Crippen molar-refractivity contribution in [2.45, 2.75) is 12.2 Å². The molecule has 1 aromatic carbocycles. The monoisotopic (exact) mass is 310 g/mol. The summed E-state index contributed by atoms with van der Waals surface area (Å²) in [6.07, 6.45) is -4.53. The molecule has 7 heteroatoms. The van der Waals surface area contributed by atoms with Gasteiger partial charge >= 0.3 is 6.18 Å². The van der Waals surface area contributed by atoms with E-state index in [2.05, 4.69) is 5.32 Å². The van der Waals surface area contributed by atoms with Gasteiger partial charge in [0, 0.05) is 26.2 Å². The highest BCUT2D eigenvalue weighted by Crippen LogP contribution is 2.37. The van der Waals surface area contributed by atoms with Crippen molar-refractivity contribution in [1.29, 1.82) is 0 Å². The zero-order valence-corrected chi connectivity index (χ0v) is 11.4. The zero-order valence-electron chi connectivity index (χ0n) is 10.7. The fraction of sp³-hybridized carbons (Fsp3) is 0.538. The summed E-state index contributed by atoms with van der Waals surface area (Å²) in [5.41, 5.74) is -0.601. The summed E-state index contributed by atoms with van der Waals surface area (Å²) >= 11 is 5.58. The normalized spacial score (nSPS) is 19.1. The second-order valence-electron chi connectivity index (χ2n) is 4.69. The first-order valence-corrected chi connectivity index (χ1v) is 6.68. The summed E-state index contributed by atoms with van der Waals surface area (Å²) in [7, 11) is 0. The van der Waals surface area contributed by atoms with Gasteiger partial charge in [-0.15, -0.1) is 0 Å². The molecule has 0 aliphatic carbocycles. The summed E-state index contributed by atoms with van der Waals surface area (Å²) in [5.74, 6) is 0. The first-order valence-electron chi connectivity index (χ1n) is 6.31.